The molecule has 0 spiro atoms. The van der Waals surface area contributed by atoms with Crippen molar-refractivity contribution in [2.24, 2.45) is 0 Å². The highest BCUT2D eigenvalue weighted by molar-refractivity contribution is 5.94. The summed E-state index contributed by atoms with van der Waals surface area (Å²) in [6, 6.07) is 15.5. The van der Waals surface area contributed by atoms with Gasteiger partial charge in [-0.2, -0.15) is 0 Å². The average Bonchev–Trinajstić information content (AvgIpc) is 2.93. The summed E-state index contributed by atoms with van der Waals surface area (Å²) in [6.45, 7) is 0.828. The number of hydrogen-bond acceptors (Lipinski definition) is 2. The van der Waals surface area contributed by atoms with Crippen molar-refractivity contribution in [1.29, 1.82) is 0 Å². The maximum atomic E-state index is 12.8. The Morgan fingerprint density at radius 3 is 2.68 bits per heavy atom. The Bertz CT molecular complexity index is 708. The van der Waals surface area contributed by atoms with Gasteiger partial charge < -0.3 is 10.0 Å². The molecule has 0 bridgehead atoms. The van der Waals surface area contributed by atoms with Gasteiger partial charge in [-0.05, 0) is 54.7 Å². The molecule has 2 atom stereocenters. The normalized spacial score (nSPS) is 23.0. The lowest BCUT2D eigenvalue weighted by molar-refractivity contribution is 0.0595. The number of phenolic OH excluding ortho intramolecular Hbond substituents is 1. The van der Waals surface area contributed by atoms with Crippen molar-refractivity contribution in [1.82, 2.24) is 4.90 Å². The first-order chi connectivity index (χ1) is 10.7. The van der Waals surface area contributed by atoms with Crippen LogP contribution in [0.15, 0.2) is 48.5 Å². The van der Waals surface area contributed by atoms with Gasteiger partial charge in [-0.3, -0.25) is 4.79 Å². The van der Waals surface area contributed by atoms with E-state index in [0.717, 1.165) is 19.4 Å². The Balaban J connectivity index is 1.63. The molecule has 0 aromatic heterocycles. The van der Waals surface area contributed by atoms with Crippen molar-refractivity contribution in [2.45, 2.75) is 31.2 Å². The number of likely N-dealkylation sites (tertiary alicyclic amines) is 1. The molecule has 1 N–H and O–H groups in total. The summed E-state index contributed by atoms with van der Waals surface area (Å²) in [4.78, 5) is 14.9. The number of carbonyl (C=O) groups is 1. The number of hydrogen-bond donors (Lipinski definition) is 1. The Morgan fingerprint density at radius 2 is 1.86 bits per heavy atom. The van der Waals surface area contributed by atoms with Crippen molar-refractivity contribution < 1.29 is 9.90 Å². The minimum atomic E-state index is 0.0857. The number of rotatable bonds is 1. The molecule has 1 amide bonds. The van der Waals surface area contributed by atoms with Gasteiger partial charge in [-0.15, -0.1) is 0 Å². The number of nitrogens with zero attached hydrogens (tertiary/aromatic N) is 1. The van der Waals surface area contributed by atoms with Crippen LogP contribution >= 0.6 is 0 Å². The highest BCUT2D eigenvalue weighted by Gasteiger charge is 2.40. The molecule has 3 heteroatoms. The monoisotopic (exact) mass is 293 g/mol. The summed E-state index contributed by atoms with van der Waals surface area (Å²) in [5.41, 5.74) is 3.48. The summed E-state index contributed by atoms with van der Waals surface area (Å²) in [7, 11) is 0. The molecule has 1 heterocycles. The molecule has 0 saturated carbocycles. The van der Waals surface area contributed by atoms with Gasteiger partial charge in [0.05, 0.1) is 0 Å². The highest BCUT2D eigenvalue weighted by Crippen LogP contribution is 2.42. The lowest BCUT2D eigenvalue weighted by atomic mass is 9.88. The topological polar surface area (TPSA) is 40.5 Å². The predicted molar refractivity (Wildman–Crippen MR) is 85.1 cm³/mol. The average molecular weight is 293 g/mol. The van der Waals surface area contributed by atoms with Crippen LogP contribution in [0.25, 0.3) is 0 Å². The van der Waals surface area contributed by atoms with Crippen molar-refractivity contribution in [3.8, 4) is 5.75 Å². The Labute approximate surface area is 130 Å². The second-order valence-corrected chi connectivity index (χ2v) is 6.26. The number of fused-ring (bicyclic) bond motifs is 3. The van der Waals surface area contributed by atoms with E-state index in [9.17, 15) is 9.90 Å². The lowest BCUT2D eigenvalue weighted by Gasteiger charge is -2.38. The van der Waals surface area contributed by atoms with Crippen LogP contribution in [-0.4, -0.2) is 28.5 Å². The van der Waals surface area contributed by atoms with Crippen LogP contribution < -0.4 is 0 Å². The molecule has 1 saturated heterocycles. The number of amides is 1. The zero-order chi connectivity index (χ0) is 15.1. The van der Waals surface area contributed by atoms with E-state index in [1.165, 1.54) is 17.5 Å². The smallest absolute Gasteiger partial charge is 0.254 e. The third-order valence-electron chi connectivity index (χ3n) is 5.04. The summed E-state index contributed by atoms with van der Waals surface area (Å²) in [5, 5.41) is 9.39. The summed E-state index contributed by atoms with van der Waals surface area (Å²) in [5.74, 6) is 0.759. The van der Waals surface area contributed by atoms with Crippen molar-refractivity contribution in [3.05, 3.63) is 65.2 Å². The first-order valence-electron chi connectivity index (χ1n) is 7.92. The molecule has 1 aliphatic carbocycles. The largest absolute Gasteiger partial charge is 0.508 e. The fourth-order valence-corrected chi connectivity index (χ4v) is 4.00. The third kappa shape index (κ3) is 2.08. The van der Waals surface area contributed by atoms with Gasteiger partial charge >= 0.3 is 0 Å². The fourth-order valence-electron chi connectivity index (χ4n) is 4.00. The van der Waals surface area contributed by atoms with Gasteiger partial charge in [-0.1, -0.05) is 24.3 Å². The summed E-state index contributed by atoms with van der Waals surface area (Å²) < 4.78 is 0. The van der Waals surface area contributed by atoms with Crippen LogP contribution in [-0.2, 0) is 6.42 Å². The fraction of sp³-hybridized carbons (Fsp3) is 0.316. The van der Waals surface area contributed by atoms with Crippen LogP contribution in [0.4, 0.5) is 0 Å². The van der Waals surface area contributed by atoms with E-state index in [1.54, 1.807) is 24.3 Å². The molecule has 1 fully saturated rings. The van der Waals surface area contributed by atoms with E-state index in [2.05, 4.69) is 24.3 Å². The van der Waals surface area contributed by atoms with E-state index < -0.39 is 0 Å². The highest BCUT2D eigenvalue weighted by atomic mass is 16.3. The maximum Gasteiger partial charge on any atom is 0.254 e. The van der Waals surface area contributed by atoms with Gasteiger partial charge in [0.2, 0.25) is 0 Å². The maximum absolute atomic E-state index is 12.8. The van der Waals surface area contributed by atoms with E-state index in [-0.39, 0.29) is 17.7 Å². The Morgan fingerprint density at radius 1 is 1.09 bits per heavy atom. The van der Waals surface area contributed by atoms with Crippen LogP contribution in [0.2, 0.25) is 0 Å². The van der Waals surface area contributed by atoms with Gasteiger partial charge in [0, 0.05) is 24.1 Å². The first-order valence-corrected chi connectivity index (χ1v) is 7.92. The zero-order valence-corrected chi connectivity index (χ0v) is 12.4. The molecule has 3 nitrogen and oxygen atoms in total. The number of piperidine rings is 1. The molecular formula is C19H19NO2. The number of carbonyl (C=O) groups excluding carboxylic acids is 1. The molecule has 112 valence electrons. The number of benzene rings is 2. The zero-order valence-electron chi connectivity index (χ0n) is 12.4. The van der Waals surface area contributed by atoms with Crippen LogP contribution in [0, 0.1) is 0 Å². The quantitative estimate of drug-likeness (QED) is 0.876. The summed E-state index contributed by atoms with van der Waals surface area (Å²) in [6.07, 6.45) is 3.19. The van der Waals surface area contributed by atoms with Crippen LogP contribution in [0.5, 0.6) is 5.75 Å². The SMILES string of the molecule is O=C(c1ccc(O)cc1)N1CCC[C@@H]2c3ccccc3CC21. The molecule has 4 rings (SSSR count). The van der Waals surface area contributed by atoms with Gasteiger partial charge in [0.1, 0.15) is 5.75 Å². The lowest BCUT2D eigenvalue weighted by Crippen LogP contribution is -2.46. The summed E-state index contributed by atoms with van der Waals surface area (Å²) >= 11 is 0. The number of phenols is 1. The molecule has 1 unspecified atom stereocenters. The van der Waals surface area contributed by atoms with E-state index in [0.29, 0.717) is 11.5 Å². The van der Waals surface area contributed by atoms with Crippen LogP contribution in [0.1, 0.15) is 40.2 Å². The molecule has 22 heavy (non-hydrogen) atoms. The van der Waals surface area contributed by atoms with Gasteiger partial charge in [-0.25, -0.2) is 0 Å². The Hall–Kier alpha value is -2.29. The molecule has 2 aromatic carbocycles. The van der Waals surface area contributed by atoms with Crippen LogP contribution in [0.3, 0.4) is 0 Å². The second-order valence-electron chi connectivity index (χ2n) is 6.26. The molecule has 0 radical (unpaired) electrons. The van der Waals surface area contributed by atoms with Gasteiger partial charge in [0.15, 0.2) is 0 Å². The second kappa shape index (κ2) is 5.16. The van der Waals surface area contributed by atoms with E-state index in [4.69, 9.17) is 0 Å². The van der Waals surface area contributed by atoms with E-state index in [1.807, 2.05) is 4.90 Å². The molecule has 2 aliphatic rings. The van der Waals surface area contributed by atoms with Gasteiger partial charge in [0.25, 0.3) is 5.91 Å². The molecular weight excluding hydrogens is 274 g/mol. The minimum absolute atomic E-state index is 0.0857. The van der Waals surface area contributed by atoms with Crippen molar-refractivity contribution >= 4 is 5.91 Å². The van der Waals surface area contributed by atoms with Crippen molar-refractivity contribution in [3.63, 3.8) is 0 Å². The molecule has 1 aliphatic heterocycles. The Kier molecular flexibility index (Phi) is 3.14. The predicted octanol–water partition coefficient (Wildman–Crippen LogP) is 3.34. The standard InChI is InChI=1S/C19H19NO2/c21-15-9-7-13(8-10-15)19(22)20-11-3-6-17-16-5-2-1-4-14(16)12-18(17)20/h1-2,4-5,7-10,17-18,21H,3,6,11-12H2/t17-,18?/m1/s1. The van der Waals surface area contributed by atoms with Crippen molar-refractivity contribution in [2.75, 3.05) is 6.54 Å². The minimum Gasteiger partial charge on any atom is -0.508 e. The number of aromatic hydroxyl groups is 1. The third-order valence-corrected chi connectivity index (χ3v) is 5.04. The first kappa shape index (κ1) is 13.4. The van der Waals surface area contributed by atoms with E-state index >= 15 is 0 Å². The molecule has 2 aromatic rings.